The summed E-state index contributed by atoms with van der Waals surface area (Å²) in [5.74, 6) is 0. The molecule has 1 atom stereocenters. The number of nitrogens with zero attached hydrogens (tertiary/aromatic N) is 2. The van der Waals surface area contributed by atoms with Gasteiger partial charge in [-0.1, -0.05) is 6.42 Å². The molecule has 0 saturated carbocycles. The standard InChI is InChI=1S/C7H14N3/c1-3-8-7-9-4-2-6-10(7)5-1/h7-8H,1-6H2/q-1. The highest BCUT2D eigenvalue weighted by Crippen LogP contribution is 2.15. The molecule has 2 fully saturated rings. The first-order valence-corrected chi connectivity index (χ1v) is 4.11. The average Bonchev–Trinajstić information content (AvgIpc) is 2.05. The summed E-state index contributed by atoms with van der Waals surface area (Å²) in [4.78, 5) is 2.42. The van der Waals surface area contributed by atoms with Crippen LogP contribution in [0.2, 0.25) is 0 Å². The van der Waals surface area contributed by atoms with Crippen LogP contribution in [0.3, 0.4) is 0 Å². The molecule has 2 saturated heterocycles. The predicted molar refractivity (Wildman–Crippen MR) is 40.8 cm³/mol. The van der Waals surface area contributed by atoms with E-state index in [2.05, 4.69) is 15.5 Å². The Morgan fingerprint density at radius 1 is 1.30 bits per heavy atom. The van der Waals surface area contributed by atoms with Crippen LogP contribution in [-0.2, 0) is 0 Å². The monoisotopic (exact) mass is 140 g/mol. The van der Waals surface area contributed by atoms with Crippen molar-refractivity contribution in [1.82, 2.24) is 10.2 Å². The Morgan fingerprint density at radius 2 is 2.20 bits per heavy atom. The molecule has 2 heterocycles. The molecule has 1 unspecified atom stereocenters. The van der Waals surface area contributed by atoms with Crippen molar-refractivity contribution in [1.29, 1.82) is 0 Å². The Kier molecular flexibility index (Phi) is 1.88. The number of hydrogen-bond donors (Lipinski definition) is 1. The van der Waals surface area contributed by atoms with Crippen molar-refractivity contribution in [3.05, 3.63) is 5.32 Å². The average molecular weight is 140 g/mol. The molecule has 0 aromatic rings. The first-order valence-electron chi connectivity index (χ1n) is 4.11. The second-order valence-electron chi connectivity index (χ2n) is 2.98. The van der Waals surface area contributed by atoms with E-state index in [9.17, 15) is 0 Å². The van der Waals surface area contributed by atoms with E-state index in [1.165, 1.54) is 25.9 Å². The summed E-state index contributed by atoms with van der Waals surface area (Å²) >= 11 is 0. The fourth-order valence-corrected chi connectivity index (χ4v) is 1.67. The zero-order valence-electron chi connectivity index (χ0n) is 6.21. The number of fused-ring (bicyclic) bond motifs is 1. The summed E-state index contributed by atoms with van der Waals surface area (Å²) in [7, 11) is 0. The van der Waals surface area contributed by atoms with Gasteiger partial charge in [0.1, 0.15) is 0 Å². The van der Waals surface area contributed by atoms with Gasteiger partial charge < -0.3 is 15.5 Å². The van der Waals surface area contributed by atoms with Crippen LogP contribution in [-0.4, -0.2) is 37.4 Å². The molecule has 10 heavy (non-hydrogen) atoms. The van der Waals surface area contributed by atoms with E-state index < -0.39 is 0 Å². The molecule has 3 heteroatoms. The lowest BCUT2D eigenvalue weighted by Crippen LogP contribution is -2.53. The molecule has 0 spiro atoms. The highest BCUT2D eigenvalue weighted by Gasteiger charge is 2.15. The van der Waals surface area contributed by atoms with E-state index in [4.69, 9.17) is 0 Å². The predicted octanol–water partition coefficient (Wildman–Crippen LogP) is 0.343. The van der Waals surface area contributed by atoms with Crippen LogP contribution in [0.1, 0.15) is 12.8 Å². The van der Waals surface area contributed by atoms with Crippen LogP contribution < -0.4 is 5.32 Å². The van der Waals surface area contributed by atoms with Crippen LogP contribution >= 0.6 is 0 Å². The van der Waals surface area contributed by atoms with Crippen LogP contribution in [0.25, 0.3) is 5.32 Å². The van der Waals surface area contributed by atoms with Crippen molar-refractivity contribution < 1.29 is 0 Å². The summed E-state index contributed by atoms with van der Waals surface area (Å²) in [6, 6.07) is 0. The Labute approximate surface area is 61.8 Å². The lowest BCUT2D eigenvalue weighted by atomic mass is 10.2. The third-order valence-electron chi connectivity index (χ3n) is 2.20. The molecule has 0 bridgehead atoms. The molecule has 3 nitrogen and oxygen atoms in total. The minimum absolute atomic E-state index is 0.363. The van der Waals surface area contributed by atoms with Gasteiger partial charge in [-0.15, -0.1) is 6.54 Å². The van der Waals surface area contributed by atoms with Gasteiger partial charge in [-0.2, -0.15) is 0 Å². The van der Waals surface area contributed by atoms with Gasteiger partial charge in [-0.05, 0) is 32.3 Å². The maximum Gasteiger partial charge on any atom is -0.000913 e. The molecule has 0 aliphatic carbocycles. The van der Waals surface area contributed by atoms with Crippen LogP contribution in [0.5, 0.6) is 0 Å². The van der Waals surface area contributed by atoms with Crippen molar-refractivity contribution >= 4 is 0 Å². The van der Waals surface area contributed by atoms with Crippen molar-refractivity contribution in [3.8, 4) is 0 Å². The smallest absolute Gasteiger partial charge is 0.000913 e. The van der Waals surface area contributed by atoms with E-state index in [0.29, 0.717) is 6.29 Å². The minimum Gasteiger partial charge on any atom is -0.634 e. The molecule has 0 radical (unpaired) electrons. The summed E-state index contributed by atoms with van der Waals surface area (Å²) in [5, 5.41) is 7.85. The molecular weight excluding hydrogens is 126 g/mol. The van der Waals surface area contributed by atoms with Crippen LogP contribution in [0.15, 0.2) is 0 Å². The van der Waals surface area contributed by atoms with E-state index in [1.54, 1.807) is 0 Å². The molecule has 2 rings (SSSR count). The fourth-order valence-electron chi connectivity index (χ4n) is 1.67. The van der Waals surface area contributed by atoms with Gasteiger partial charge in [0, 0.05) is 0 Å². The number of hydrogen-bond acceptors (Lipinski definition) is 2. The lowest BCUT2D eigenvalue weighted by molar-refractivity contribution is 0.137. The van der Waals surface area contributed by atoms with Gasteiger partial charge in [0.05, 0.1) is 0 Å². The molecular formula is C7H14N3-. The first kappa shape index (κ1) is 6.58. The van der Waals surface area contributed by atoms with Crippen molar-refractivity contribution in [2.45, 2.75) is 19.1 Å². The van der Waals surface area contributed by atoms with Gasteiger partial charge >= 0.3 is 0 Å². The van der Waals surface area contributed by atoms with Crippen LogP contribution in [0, 0.1) is 0 Å². The Morgan fingerprint density at radius 3 is 3.10 bits per heavy atom. The molecule has 1 N–H and O–H groups in total. The maximum absolute atomic E-state index is 4.47. The SMILES string of the molecule is C1C[N-]C2NCCCN2C1. The van der Waals surface area contributed by atoms with Crippen molar-refractivity contribution in [2.24, 2.45) is 0 Å². The second-order valence-corrected chi connectivity index (χ2v) is 2.98. The van der Waals surface area contributed by atoms with E-state index in [1.807, 2.05) is 0 Å². The van der Waals surface area contributed by atoms with Gasteiger partial charge in [0.25, 0.3) is 0 Å². The Bertz CT molecular complexity index is 89.4. The van der Waals surface area contributed by atoms with E-state index in [-0.39, 0.29) is 0 Å². The van der Waals surface area contributed by atoms with E-state index in [0.717, 1.165) is 13.1 Å². The van der Waals surface area contributed by atoms with Gasteiger partial charge in [0.15, 0.2) is 0 Å². The zero-order chi connectivity index (χ0) is 6.81. The van der Waals surface area contributed by atoms with Gasteiger partial charge in [-0.3, -0.25) is 0 Å². The zero-order valence-corrected chi connectivity index (χ0v) is 6.21. The third kappa shape index (κ3) is 1.17. The van der Waals surface area contributed by atoms with Gasteiger partial charge in [0.2, 0.25) is 0 Å². The number of rotatable bonds is 0. The normalized spacial score (nSPS) is 35.4. The molecule has 0 amide bonds. The lowest BCUT2D eigenvalue weighted by Gasteiger charge is -2.49. The quantitative estimate of drug-likeness (QED) is 0.526. The highest BCUT2D eigenvalue weighted by atomic mass is 15.4. The summed E-state index contributed by atoms with van der Waals surface area (Å²) in [5.41, 5.74) is 0. The second kappa shape index (κ2) is 2.86. The summed E-state index contributed by atoms with van der Waals surface area (Å²) in [6.07, 6.45) is 2.90. The third-order valence-corrected chi connectivity index (χ3v) is 2.20. The molecule has 58 valence electrons. The Balaban J connectivity index is 1.93. The molecule has 2 aliphatic heterocycles. The topological polar surface area (TPSA) is 29.4 Å². The largest absolute Gasteiger partial charge is 0.634 e. The summed E-state index contributed by atoms with van der Waals surface area (Å²) in [6.45, 7) is 4.67. The van der Waals surface area contributed by atoms with Gasteiger partial charge in [-0.25, -0.2) is 0 Å². The van der Waals surface area contributed by atoms with Crippen molar-refractivity contribution in [2.75, 3.05) is 26.2 Å². The van der Waals surface area contributed by atoms with Crippen molar-refractivity contribution in [3.63, 3.8) is 0 Å². The molecule has 0 aromatic carbocycles. The fraction of sp³-hybridized carbons (Fsp3) is 1.00. The summed E-state index contributed by atoms with van der Waals surface area (Å²) < 4.78 is 0. The minimum atomic E-state index is 0.363. The van der Waals surface area contributed by atoms with E-state index >= 15 is 0 Å². The highest BCUT2D eigenvalue weighted by molar-refractivity contribution is 4.95. The Hall–Kier alpha value is -0.120. The molecule has 2 aliphatic rings. The number of nitrogens with one attached hydrogen (secondary N) is 1. The maximum atomic E-state index is 4.47. The van der Waals surface area contributed by atoms with Crippen LogP contribution in [0.4, 0.5) is 0 Å². The first-order chi connectivity index (χ1) is 4.97. The molecule has 0 aromatic heterocycles.